The maximum atomic E-state index is 12.3. The van der Waals surface area contributed by atoms with Gasteiger partial charge in [-0.15, -0.1) is 0 Å². The van der Waals surface area contributed by atoms with E-state index in [1.165, 1.54) is 7.11 Å². The maximum Gasteiger partial charge on any atom is 0.408 e. The summed E-state index contributed by atoms with van der Waals surface area (Å²) in [6.45, 7) is 5.77. The highest BCUT2D eigenvalue weighted by atomic mass is 16.5. The summed E-state index contributed by atoms with van der Waals surface area (Å²) >= 11 is 0. The van der Waals surface area contributed by atoms with Crippen molar-refractivity contribution in [1.82, 2.24) is 10.6 Å². The number of nitrogens with one attached hydrogen (secondary N) is 2. The second-order valence-corrected chi connectivity index (χ2v) is 6.58. The van der Waals surface area contributed by atoms with Crippen LogP contribution in [0.5, 0.6) is 0 Å². The van der Waals surface area contributed by atoms with E-state index in [-0.39, 0.29) is 31.5 Å². The van der Waals surface area contributed by atoms with E-state index in [1.54, 1.807) is 0 Å². The Morgan fingerprint density at radius 1 is 1.12 bits per heavy atom. The zero-order valence-electron chi connectivity index (χ0n) is 15.8. The lowest BCUT2D eigenvalue weighted by atomic mass is 10.0. The summed E-state index contributed by atoms with van der Waals surface area (Å²) in [6, 6.07) is 6.85. The van der Waals surface area contributed by atoms with E-state index in [9.17, 15) is 14.4 Å². The van der Waals surface area contributed by atoms with Gasteiger partial charge in [0.2, 0.25) is 5.91 Å². The quantitative estimate of drug-likeness (QED) is 0.662. The van der Waals surface area contributed by atoms with Gasteiger partial charge in [-0.2, -0.15) is 0 Å². The molecule has 0 heterocycles. The smallest absolute Gasteiger partial charge is 0.408 e. The van der Waals surface area contributed by atoms with Crippen molar-refractivity contribution in [3.63, 3.8) is 0 Å². The number of ether oxygens (including phenoxy) is 2. The topological polar surface area (TPSA) is 93.7 Å². The Balaban J connectivity index is 2.53. The van der Waals surface area contributed by atoms with Crippen LogP contribution < -0.4 is 10.6 Å². The summed E-state index contributed by atoms with van der Waals surface area (Å²) in [4.78, 5) is 35.7. The van der Waals surface area contributed by atoms with Crippen LogP contribution in [0.2, 0.25) is 0 Å². The van der Waals surface area contributed by atoms with Crippen molar-refractivity contribution >= 4 is 17.8 Å². The fraction of sp³-hybridized carbons (Fsp3) is 0.526. The van der Waals surface area contributed by atoms with Gasteiger partial charge in [-0.05, 0) is 24.8 Å². The minimum atomic E-state index is -0.768. The molecule has 7 nitrogen and oxygen atoms in total. The molecule has 1 aromatic rings. The molecule has 144 valence electrons. The van der Waals surface area contributed by atoms with E-state index >= 15 is 0 Å². The van der Waals surface area contributed by atoms with Crippen LogP contribution in [0.15, 0.2) is 24.3 Å². The number of alkyl carbamates (subject to hydrolysis) is 1. The molecule has 26 heavy (non-hydrogen) atoms. The third-order valence-corrected chi connectivity index (χ3v) is 3.57. The average molecular weight is 364 g/mol. The van der Waals surface area contributed by atoms with E-state index in [4.69, 9.17) is 9.47 Å². The zero-order chi connectivity index (χ0) is 19.5. The second-order valence-electron chi connectivity index (χ2n) is 6.58. The van der Waals surface area contributed by atoms with Gasteiger partial charge in [-0.3, -0.25) is 9.59 Å². The molecule has 0 aliphatic rings. The van der Waals surface area contributed by atoms with Gasteiger partial charge in [0.1, 0.15) is 19.3 Å². The molecule has 0 fully saturated rings. The zero-order valence-corrected chi connectivity index (χ0v) is 15.8. The number of benzene rings is 1. The van der Waals surface area contributed by atoms with E-state index < -0.39 is 18.0 Å². The lowest BCUT2D eigenvalue weighted by molar-refractivity contribution is -0.128. The molecule has 0 spiro atoms. The van der Waals surface area contributed by atoms with Crippen molar-refractivity contribution in [3.05, 3.63) is 35.4 Å². The molecule has 0 saturated carbocycles. The van der Waals surface area contributed by atoms with Gasteiger partial charge >= 0.3 is 6.09 Å². The molecule has 0 unspecified atom stereocenters. The van der Waals surface area contributed by atoms with Crippen LogP contribution in [0.3, 0.4) is 0 Å². The minimum absolute atomic E-state index is 0.0683. The summed E-state index contributed by atoms with van der Waals surface area (Å²) in [5.41, 5.74) is 1.98. The van der Waals surface area contributed by atoms with Crippen molar-refractivity contribution < 1.29 is 23.9 Å². The molecule has 0 aliphatic carbocycles. The van der Waals surface area contributed by atoms with Gasteiger partial charge in [0.15, 0.2) is 5.78 Å². The third-order valence-electron chi connectivity index (χ3n) is 3.57. The van der Waals surface area contributed by atoms with E-state index in [0.29, 0.717) is 6.42 Å². The third kappa shape index (κ3) is 8.62. The first-order valence-electron chi connectivity index (χ1n) is 8.59. The molecule has 1 atom stereocenters. The number of aryl methyl sites for hydroxylation is 1. The number of Topliss-reactive ketones (excluding diaryl/α,β-unsaturated/α-hetero) is 1. The van der Waals surface area contributed by atoms with Crippen molar-refractivity contribution in [2.75, 3.05) is 20.3 Å². The lowest BCUT2D eigenvalue weighted by Gasteiger charge is -2.19. The van der Waals surface area contributed by atoms with Crippen LogP contribution in [0, 0.1) is 12.8 Å². The highest BCUT2D eigenvalue weighted by Gasteiger charge is 2.23. The first-order chi connectivity index (χ1) is 12.3. The second kappa shape index (κ2) is 11.3. The van der Waals surface area contributed by atoms with E-state index in [1.807, 2.05) is 45.0 Å². The Kier molecular flexibility index (Phi) is 9.36. The number of hydrogen-bond acceptors (Lipinski definition) is 5. The van der Waals surface area contributed by atoms with Crippen LogP contribution in [-0.2, 0) is 25.7 Å². The van der Waals surface area contributed by atoms with Crippen molar-refractivity contribution in [2.45, 2.75) is 39.8 Å². The van der Waals surface area contributed by atoms with Gasteiger partial charge in [-0.1, -0.05) is 43.7 Å². The number of rotatable bonds is 10. The first-order valence-corrected chi connectivity index (χ1v) is 8.59. The molecule has 0 aromatic heterocycles. The Bertz CT molecular complexity index is 598. The number of methoxy groups -OCH3 is 1. The number of carbonyl (C=O) groups excluding carboxylic acids is 3. The predicted octanol–water partition coefficient (Wildman–Crippen LogP) is 1.97. The van der Waals surface area contributed by atoms with Crippen molar-refractivity contribution in [1.29, 1.82) is 0 Å². The van der Waals surface area contributed by atoms with Crippen molar-refractivity contribution in [3.8, 4) is 0 Å². The molecule has 2 amide bonds. The fourth-order valence-corrected chi connectivity index (χ4v) is 2.24. The highest BCUT2D eigenvalue weighted by Crippen LogP contribution is 2.07. The van der Waals surface area contributed by atoms with Gasteiger partial charge in [0.25, 0.3) is 0 Å². The van der Waals surface area contributed by atoms with Crippen LogP contribution in [0.25, 0.3) is 0 Å². The minimum Gasteiger partial charge on any atom is -0.445 e. The molecule has 0 bridgehead atoms. The summed E-state index contributed by atoms with van der Waals surface area (Å²) in [6.07, 6.45) is -0.237. The molecular formula is C19H28N2O5. The first kappa shape index (κ1) is 21.6. The normalized spacial score (nSPS) is 11.7. The van der Waals surface area contributed by atoms with Gasteiger partial charge in [0, 0.05) is 7.11 Å². The summed E-state index contributed by atoms with van der Waals surface area (Å²) in [7, 11) is 1.41. The largest absolute Gasteiger partial charge is 0.445 e. The number of carbonyl (C=O) groups is 3. The fourth-order valence-electron chi connectivity index (χ4n) is 2.24. The number of hydrogen-bond donors (Lipinski definition) is 2. The van der Waals surface area contributed by atoms with E-state index in [2.05, 4.69) is 10.6 Å². The molecular weight excluding hydrogens is 336 g/mol. The highest BCUT2D eigenvalue weighted by molar-refractivity contribution is 5.90. The Labute approximate surface area is 154 Å². The lowest BCUT2D eigenvalue weighted by Crippen LogP contribution is -2.48. The molecule has 1 aromatic carbocycles. The Hall–Kier alpha value is -2.41. The Morgan fingerprint density at radius 2 is 1.77 bits per heavy atom. The van der Waals surface area contributed by atoms with Crippen LogP contribution >= 0.6 is 0 Å². The molecule has 0 aliphatic heterocycles. The molecule has 0 radical (unpaired) electrons. The van der Waals surface area contributed by atoms with Crippen LogP contribution in [0.4, 0.5) is 4.79 Å². The number of amides is 2. The average Bonchev–Trinajstić information content (AvgIpc) is 2.58. The van der Waals surface area contributed by atoms with Gasteiger partial charge < -0.3 is 20.1 Å². The molecule has 0 saturated heterocycles. The van der Waals surface area contributed by atoms with Crippen LogP contribution in [0.1, 0.15) is 31.4 Å². The molecule has 7 heteroatoms. The Morgan fingerprint density at radius 3 is 2.35 bits per heavy atom. The molecule has 1 rings (SSSR count). The standard InChI is InChI=1S/C19H28N2O5/c1-13(2)9-17(18(23)20-10-16(22)12-25-4)21-19(24)26-11-15-7-5-14(3)6-8-15/h5-8,13,17H,9-12H2,1-4H3,(H,20,23)(H,21,24)/t17-/m0/s1. The van der Waals surface area contributed by atoms with Gasteiger partial charge in [0.05, 0.1) is 6.54 Å². The SMILES string of the molecule is COCC(=O)CNC(=O)[C@H](CC(C)C)NC(=O)OCc1ccc(C)cc1. The van der Waals surface area contributed by atoms with E-state index in [0.717, 1.165) is 11.1 Å². The summed E-state index contributed by atoms with van der Waals surface area (Å²) in [5.74, 6) is -0.487. The summed E-state index contributed by atoms with van der Waals surface area (Å²) < 4.78 is 9.89. The van der Waals surface area contributed by atoms with Crippen molar-refractivity contribution in [2.24, 2.45) is 5.92 Å². The maximum absolute atomic E-state index is 12.3. The van der Waals surface area contributed by atoms with Crippen LogP contribution in [-0.4, -0.2) is 44.1 Å². The summed E-state index contributed by atoms with van der Waals surface area (Å²) in [5, 5.41) is 5.09. The monoisotopic (exact) mass is 364 g/mol. The predicted molar refractivity (Wildman–Crippen MR) is 97.6 cm³/mol. The van der Waals surface area contributed by atoms with Gasteiger partial charge in [-0.25, -0.2) is 4.79 Å². The number of ketones is 1. The molecule has 2 N–H and O–H groups in total.